The first-order chi connectivity index (χ1) is 15.1. The Labute approximate surface area is 198 Å². The van der Waals surface area contributed by atoms with Crippen molar-refractivity contribution >= 4 is 17.9 Å². The Kier molecular flexibility index (Phi) is 11.1. The molecular weight excluding hydrogens is 424 g/mol. The van der Waals surface area contributed by atoms with Gasteiger partial charge in [0.2, 0.25) is 0 Å². The molecule has 0 aromatic rings. The van der Waals surface area contributed by atoms with Crippen LogP contribution in [0.5, 0.6) is 0 Å². The second kappa shape index (κ2) is 12.0. The average Bonchev–Trinajstić information content (AvgIpc) is 2.76. The summed E-state index contributed by atoms with van der Waals surface area (Å²) in [5.41, 5.74) is -3.75. The van der Waals surface area contributed by atoms with E-state index in [1.54, 1.807) is 27.7 Å². The Morgan fingerprint density at radius 1 is 0.788 bits per heavy atom. The van der Waals surface area contributed by atoms with E-state index in [2.05, 4.69) is 12.1 Å². The van der Waals surface area contributed by atoms with Crippen LogP contribution in [-0.2, 0) is 28.6 Å². The van der Waals surface area contributed by atoms with Crippen LogP contribution in [0.3, 0.4) is 0 Å². The molecule has 0 radical (unpaired) electrons. The molecule has 0 rings (SSSR count). The molecule has 0 N–H and O–H groups in total. The first kappa shape index (κ1) is 30.4. The number of nitriles is 2. The van der Waals surface area contributed by atoms with Crippen molar-refractivity contribution < 1.29 is 28.6 Å². The van der Waals surface area contributed by atoms with Gasteiger partial charge in [-0.1, -0.05) is 13.3 Å². The number of rotatable bonds is 13. The van der Waals surface area contributed by atoms with Gasteiger partial charge in [0.05, 0.1) is 61.0 Å². The lowest BCUT2D eigenvalue weighted by Crippen LogP contribution is -2.41. The maximum Gasteiger partial charge on any atom is 0.311 e. The van der Waals surface area contributed by atoms with Gasteiger partial charge in [0.15, 0.2) is 0 Å². The minimum Gasteiger partial charge on any atom is -0.469 e. The number of carbonyl (C=O) groups is 3. The van der Waals surface area contributed by atoms with Gasteiger partial charge in [-0.25, -0.2) is 0 Å². The molecule has 4 unspecified atom stereocenters. The van der Waals surface area contributed by atoms with Gasteiger partial charge in [-0.2, -0.15) is 10.5 Å². The summed E-state index contributed by atoms with van der Waals surface area (Å²) in [6.45, 7) is 10.5. The molecule has 0 amide bonds. The third-order valence-corrected chi connectivity index (χ3v) is 6.38. The van der Waals surface area contributed by atoms with E-state index in [9.17, 15) is 24.9 Å². The molecule has 4 atom stereocenters. The van der Waals surface area contributed by atoms with Gasteiger partial charge in [-0.05, 0) is 66.7 Å². The molecule has 0 aliphatic heterocycles. The number of ether oxygens (including phenoxy) is 3. The van der Waals surface area contributed by atoms with Gasteiger partial charge in [-0.15, -0.1) is 0 Å². The van der Waals surface area contributed by atoms with Gasteiger partial charge in [0.25, 0.3) is 0 Å². The number of hydrogen-bond acceptors (Lipinski definition) is 8. The largest absolute Gasteiger partial charge is 0.469 e. The molecule has 0 aromatic heterocycles. The standard InChI is InChI=1S/C25H40N2O6/c1-18(19(28)31-7)13-25(6,21(30)33-9)15-23(4,17-27)14-24(5,20(29)32-8)12-10-11-22(2,3)16-26/h18H,10-15H2,1-9H3. The fourth-order valence-electron chi connectivity index (χ4n) is 4.78. The van der Waals surface area contributed by atoms with E-state index in [0.29, 0.717) is 19.3 Å². The SMILES string of the molecule is COC(=O)C(C)CC(C)(CC(C)(C#N)CC(C)(CCCC(C)(C)C#N)C(=O)OC)C(=O)OC. The smallest absolute Gasteiger partial charge is 0.311 e. The van der Waals surface area contributed by atoms with Crippen molar-refractivity contribution in [3.63, 3.8) is 0 Å². The average molecular weight is 465 g/mol. The molecule has 33 heavy (non-hydrogen) atoms. The normalized spacial score (nSPS) is 17.7. The summed E-state index contributed by atoms with van der Waals surface area (Å²) in [4.78, 5) is 37.5. The quantitative estimate of drug-likeness (QED) is 0.286. The van der Waals surface area contributed by atoms with Crippen molar-refractivity contribution in [3.8, 4) is 12.1 Å². The van der Waals surface area contributed by atoms with E-state index < -0.39 is 45.5 Å². The summed E-state index contributed by atoms with van der Waals surface area (Å²) in [5.74, 6) is -2.01. The Balaban J connectivity index is 5.96. The summed E-state index contributed by atoms with van der Waals surface area (Å²) in [5, 5.41) is 19.4. The van der Waals surface area contributed by atoms with E-state index in [1.165, 1.54) is 21.3 Å². The predicted molar refractivity (Wildman–Crippen MR) is 122 cm³/mol. The number of nitrogens with zero attached hydrogens (tertiary/aromatic N) is 2. The lowest BCUT2D eigenvalue weighted by atomic mass is 9.63. The minimum atomic E-state index is -1.15. The van der Waals surface area contributed by atoms with Gasteiger partial charge in [0.1, 0.15) is 0 Å². The molecule has 0 spiro atoms. The van der Waals surface area contributed by atoms with Crippen LogP contribution < -0.4 is 0 Å². The zero-order chi connectivity index (χ0) is 26.1. The van der Waals surface area contributed by atoms with Crippen LogP contribution in [0.2, 0.25) is 0 Å². The lowest BCUT2D eigenvalue weighted by molar-refractivity contribution is -0.158. The zero-order valence-electron chi connectivity index (χ0n) is 21.7. The Hall–Kier alpha value is -2.61. The molecule has 0 heterocycles. The first-order valence-electron chi connectivity index (χ1n) is 11.1. The monoisotopic (exact) mass is 464 g/mol. The summed E-state index contributed by atoms with van der Waals surface area (Å²) < 4.78 is 14.9. The van der Waals surface area contributed by atoms with Crippen LogP contribution in [0.4, 0.5) is 0 Å². The summed E-state index contributed by atoms with van der Waals surface area (Å²) in [7, 11) is 3.85. The predicted octanol–water partition coefficient (Wildman–Crippen LogP) is 4.57. The highest BCUT2D eigenvalue weighted by Gasteiger charge is 2.48. The van der Waals surface area contributed by atoms with Crippen LogP contribution in [0.1, 0.15) is 80.1 Å². The summed E-state index contributed by atoms with van der Waals surface area (Å²) in [6, 6.07) is 4.55. The zero-order valence-corrected chi connectivity index (χ0v) is 21.7. The fraction of sp³-hybridized carbons (Fsp3) is 0.800. The highest BCUT2D eigenvalue weighted by molar-refractivity contribution is 5.79. The van der Waals surface area contributed by atoms with Crippen LogP contribution in [-0.4, -0.2) is 39.2 Å². The molecule has 8 nitrogen and oxygen atoms in total. The van der Waals surface area contributed by atoms with E-state index >= 15 is 0 Å². The molecule has 0 aliphatic carbocycles. The van der Waals surface area contributed by atoms with Gasteiger partial charge < -0.3 is 14.2 Å². The number of hydrogen-bond donors (Lipinski definition) is 0. The summed E-state index contributed by atoms with van der Waals surface area (Å²) in [6.07, 6.45) is 1.98. The molecular formula is C25H40N2O6. The van der Waals surface area contributed by atoms with Gasteiger partial charge >= 0.3 is 17.9 Å². The topological polar surface area (TPSA) is 126 Å². The van der Waals surface area contributed by atoms with Crippen molar-refractivity contribution in [1.29, 1.82) is 10.5 Å². The third kappa shape index (κ3) is 8.68. The molecule has 0 aliphatic rings. The lowest BCUT2D eigenvalue weighted by Gasteiger charge is -2.39. The third-order valence-electron chi connectivity index (χ3n) is 6.38. The van der Waals surface area contributed by atoms with Gasteiger partial charge in [-0.3, -0.25) is 14.4 Å². The van der Waals surface area contributed by atoms with Crippen molar-refractivity contribution in [3.05, 3.63) is 0 Å². The number of carbonyl (C=O) groups excluding carboxylic acids is 3. The van der Waals surface area contributed by atoms with Crippen LogP contribution in [0.25, 0.3) is 0 Å². The second-order valence-corrected chi connectivity index (χ2v) is 10.6. The fourth-order valence-corrected chi connectivity index (χ4v) is 4.78. The van der Waals surface area contributed by atoms with Crippen molar-refractivity contribution in [2.24, 2.45) is 27.6 Å². The number of methoxy groups -OCH3 is 3. The maximum absolute atomic E-state index is 12.8. The molecule has 0 saturated heterocycles. The molecule has 0 saturated carbocycles. The Morgan fingerprint density at radius 3 is 1.70 bits per heavy atom. The van der Waals surface area contributed by atoms with E-state index in [-0.39, 0.29) is 19.3 Å². The van der Waals surface area contributed by atoms with E-state index in [4.69, 9.17) is 14.2 Å². The highest BCUT2D eigenvalue weighted by atomic mass is 16.5. The minimum absolute atomic E-state index is 0.0841. The highest BCUT2D eigenvalue weighted by Crippen LogP contribution is 2.47. The maximum atomic E-state index is 12.8. The molecule has 0 fully saturated rings. The Bertz CT molecular complexity index is 796. The van der Waals surface area contributed by atoms with Crippen LogP contribution >= 0.6 is 0 Å². The Morgan fingerprint density at radius 2 is 1.27 bits per heavy atom. The molecule has 8 heteroatoms. The first-order valence-corrected chi connectivity index (χ1v) is 11.1. The van der Waals surface area contributed by atoms with Crippen molar-refractivity contribution in [2.45, 2.75) is 80.1 Å². The molecule has 0 bridgehead atoms. The van der Waals surface area contributed by atoms with E-state index in [0.717, 1.165) is 0 Å². The van der Waals surface area contributed by atoms with E-state index in [1.807, 2.05) is 13.8 Å². The summed E-state index contributed by atoms with van der Waals surface area (Å²) >= 11 is 0. The second-order valence-electron chi connectivity index (χ2n) is 10.6. The van der Waals surface area contributed by atoms with Crippen molar-refractivity contribution in [1.82, 2.24) is 0 Å². The van der Waals surface area contributed by atoms with Crippen LogP contribution in [0, 0.1) is 50.2 Å². The molecule has 186 valence electrons. The van der Waals surface area contributed by atoms with Gasteiger partial charge in [0, 0.05) is 0 Å². The van der Waals surface area contributed by atoms with Crippen molar-refractivity contribution in [2.75, 3.05) is 21.3 Å². The molecule has 0 aromatic carbocycles. The number of esters is 3. The van der Waals surface area contributed by atoms with Crippen LogP contribution in [0.15, 0.2) is 0 Å².